The van der Waals surface area contributed by atoms with Crippen LogP contribution in [-0.4, -0.2) is 50.5 Å². The Morgan fingerprint density at radius 3 is 2.73 bits per heavy atom. The molecular formula is C18H27N7O. The lowest BCUT2D eigenvalue weighted by atomic mass is 10.1. The molecule has 2 aromatic rings. The third-order valence-corrected chi connectivity index (χ3v) is 4.60. The van der Waals surface area contributed by atoms with Gasteiger partial charge in [-0.1, -0.05) is 19.1 Å². The van der Waals surface area contributed by atoms with E-state index in [9.17, 15) is 4.79 Å². The first-order valence-corrected chi connectivity index (χ1v) is 9.19. The molecule has 0 radical (unpaired) electrons. The van der Waals surface area contributed by atoms with Gasteiger partial charge in [0.15, 0.2) is 5.69 Å². The molecular weight excluding hydrogens is 330 g/mol. The maximum atomic E-state index is 12.1. The monoisotopic (exact) mass is 357 g/mol. The minimum atomic E-state index is -0.159. The highest BCUT2D eigenvalue weighted by Gasteiger charge is 2.24. The van der Waals surface area contributed by atoms with Crippen molar-refractivity contribution in [2.45, 2.75) is 46.6 Å². The second-order valence-corrected chi connectivity index (χ2v) is 7.33. The summed E-state index contributed by atoms with van der Waals surface area (Å²) in [5, 5.41) is 11.1. The Labute approximate surface area is 154 Å². The summed E-state index contributed by atoms with van der Waals surface area (Å²) >= 11 is 0. The number of nitrogens with zero attached hydrogens (tertiary/aromatic N) is 6. The number of aromatic nitrogens is 5. The van der Waals surface area contributed by atoms with Crippen LogP contribution in [0.25, 0.3) is 0 Å². The van der Waals surface area contributed by atoms with E-state index in [1.807, 2.05) is 18.5 Å². The molecule has 1 N–H and O–H groups in total. The Hall–Kier alpha value is -2.51. The lowest BCUT2D eigenvalue weighted by molar-refractivity contribution is 0.0944. The molecule has 8 heteroatoms. The van der Waals surface area contributed by atoms with Crippen LogP contribution in [0.15, 0.2) is 12.4 Å². The summed E-state index contributed by atoms with van der Waals surface area (Å²) in [5.74, 6) is 1.22. The molecule has 0 saturated carbocycles. The molecule has 1 amide bonds. The first kappa shape index (κ1) is 18.3. The van der Waals surface area contributed by atoms with E-state index in [1.165, 1.54) is 0 Å². The van der Waals surface area contributed by atoms with Crippen molar-refractivity contribution in [3.63, 3.8) is 0 Å². The van der Waals surface area contributed by atoms with Gasteiger partial charge in [-0.05, 0) is 32.6 Å². The summed E-state index contributed by atoms with van der Waals surface area (Å²) in [5.41, 5.74) is 2.27. The number of nitrogens with one attached hydrogen (secondary N) is 1. The SMILES string of the molecule is Cc1cnc(C)c(N2CCC(n3cc(C(=O)NCC(C)C)nn3)CC2)n1. The number of aryl methyl sites for hydroxylation is 2. The van der Waals surface area contributed by atoms with Crippen LogP contribution in [-0.2, 0) is 0 Å². The largest absolute Gasteiger partial charge is 0.355 e. The van der Waals surface area contributed by atoms with E-state index in [2.05, 4.69) is 44.3 Å². The van der Waals surface area contributed by atoms with Gasteiger partial charge in [-0.15, -0.1) is 5.10 Å². The molecule has 1 saturated heterocycles. The average molecular weight is 357 g/mol. The molecule has 3 heterocycles. The van der Waals surface area contributed by atoms with Crippen LogP contribution in [0.5, 0.6) is 0 Å². The van der Waals surface area contributed by atoms with Gasteiger partial charge in [0.25, 0.3) is 5.91 Å². The van der Waals surface area contributed by atoms with E-state index in [-0.39, 0.29) is 11.9 Å². The smallest absolute Gasteiger partial charge is 0.273 e. The molecule has 0 aliphatic carbocycles. The zero-order chi connectivity index (χ0) is 18.7. The van der Waals surface area contributed by atoms with Gasteiger partial charge < -0.3 is 10.2 Å². The lowest BCUT2D eigenvalue weighted by Gasteiger charge is -2.33. The molecule has 0 atom stereocenters. The van der Waals surface area contributed by atoms with Crippen LogP contribution in [0.1, 0.15) is 54.6 Å². The van der Waals surface area contributed by atoms with E-state index in [1.54, 1.807) is 12.4 Å². The second kappa shape index (κ2) is 7.80. The van der Waals surface area contributed by atoms with Crippen LogP contribution in [0, 0.1) is 19.8 Å². The van der Waals surface area contributed by atoms with Gasteiger partial charge in [0.1, 0.15) is 5.82 Å². The minimum absolute atomic E-state index is 0.159. The number of hydrogen-bond acceptors (Lipinski definition) is 6. The number of rotatable bonds is 5. The van der Waals surface area contributed by atoms with Crippen molar-refractivity contribution in [1.82, 2.24) is 30.3 Å². The molecule has 1 fully saturated rings. The van der Waals surface area contributed by atoms with Crippen molar-refractivity contribution in [2.75, 3.05) is 24.5 Å². The summed E-state index contributed by atoms with van der Waals surface area (Å²) in [7, 11) is 0. The van der Waals surface area contributed by atoms with Crippen molar-refractivity contribution in [3.8, 4) is 0 Å². The Kier molecular flexibility index (Phi) is 5.49. The molecule has 8 nitrogen and oxygen atoms in total. The van der Waals surface area contributed by atoms with E-state index in [4.69, 9.17) is 0 Å². The predicted octanol–water partition coefficient (Wildman–Crippen LogP) is 1.91. The maximum absolute atomic E-state index is 12.1. The highest BCUT2D eigenvalue weighted by molar-refractivity contribution is 5.91. The molecule has 140 valence electrons. The van der Waals surface area contributed by atoms with Crippen molar-refractivity contribution in [3.05, 3.63) is 29.5 Å². The number of carbonyl (C=O) groups is 1. The quantitative estimate of drug-likeness (QED) is 0.879. The zero-order valence-corrected chi connectivity index (χ0v) is 15.9. The predicted molar refractivity (Wildman–Crippen MR) is 99.2 cm³/mol. The molecule has 0 spiro atoms. The first-order chi connectivity index (χ1) is 12.4. The van der Waals surface area contributed by atoms with Gasteiger partial charge in [-0.2, -0.15) is 0 Å². The topological polar surface area (TPSA) is 88.8 Å². The van der Waals surface area contributed by atoms with Gasteiger partial charge >= 0.3 is 0 Å². The highest BCUT2D eigenvalue weighted by Crippen LogP contribution is 2.26. The summed E-state index contributed by atoms with van der Waals surface area (Å²) in [4.78, 5) is 23.4. The summed E-state index contributed by atoms with van der Waals surface area (Å²) in [6.45, 7) is 10.5. The number of anilines is 1. The van der Waals surface area contributed by atoms with Gasteiger partial charge in [-0.3, -0.25) is 9.78 Å². The van der Waals surface area contributed by atoms with Crippen LogP contribution >= 0.6 is 0 Å². The van der Waals surface area contributed by atoms with Crippen molar-refractivity contribution < 1.29 is 4.79 Å². The third kappa shape index (κ3) is 4.17. The molecule has 0 bridgehead atoms. The van der Waals surface area contributed by atoms with Gasteiger partial charge in [0.05, 0.1) is 23.6 Å². The van der Waals surface area contributed by atoms with Crippen molar-refractivity contribution in [2.24, 2.45) is 5.92 Å². The minimum Gasteiger partial charge on any atom is -0.355 e. The summed E-state index contributed by atoms with van der Waals surface area (Å²) in [6.07, 6.45) is 5.43. The van der Waals surface area contributed by atoms with Crippen LogP contribution in [0.4, 0.5) is 5.82 Å². The first-order valence-electron chi connectivity index (χ1n) is 9.19. The van der Waals surface area contributed by atoms with Crippen molar-refractivity contribution >= 4 is 11.7 Å². The van der Waals surface area contributed by atoms with Crippen LogP contribution in [0.3, 0.4) is 0 Å². The number of hydrogen-bond donors (Lipinski definition) is 1. The molecule has 26 heavy (non-hydrogen) atoms. The fourth-order valence-electron chi connectivity index (χ4n) is 3.11. The molecule has 3 rings (SSSR count). The maximum Gasteiger partial charge on any atom is 0.273 e. The Morgan fingerprint density at radius 1 is 1.31 bits per heavy atom. The Balaban J connectivity index is 1.60. The van der Waals surface area contributed by atoms with Crippen LogP contribution in [0.2, 0.25) is 0 Å². The standard InChI is InChI=1S/C18H27N7O/c1-12(2)9-20-18(26)16-11-25(23-22-16)15-5-7-24(8-6-15)17-14(4)19-10-13(3)21-17/h10-12,15H,5-9H2,1-4H3,(H,20,26). The second-order valence-electron chi connectivity index (χ2n) is 7.33. The molecule has 1 aliphatic heterocycles. The van der Waals surface area contributed by atoms with Gasteiger partial charge in [0.2, 0.25) is 0 Å². The highest BCUT2D eigenvalue weighted by atomic mass is 16.2. The summed E-state index contributed by atoms with van der Waals surface area (Å²) < 4.78 is 1.83. The fourth-order valence-corrected chi connectivity index (χ4v) is 3.11. The number of amides is 1. The van der Waals surface area contributed by atoms with E-state index >= 15 is 0 Å². The number of carbonyl (C=O) groups excluding carboxylic acids is 1. The van der Waals surface area contributed by atoms with Gasteiger partial charge in [-0.25, -0.2) is 9.67 Å². The van der Waals surface area contributed by atoms with Gasteiger partial charge in [0, 0.05) is 25.8 Å². The van der Waals surface area contributed by atoms with E-state index in [0.717, 1.165) is 43.1 Å². The number of piperidine rings is 1. The van der Waals surface area contributed by atoms with Crippen molar-refractivity contribution in [1.29, 1.82) is 0 Å². The molecule has 0 aromatic carbocycles. The average Bonchev–Trinajstić information content (AvgIpc) is 3.12. The van der Waals surface area contributed by atoms with E-state index < -0.39 is 0 Å². The molecule has 2 aromatic heterocycles. The normalized spacial score (nSPS) is 15.5. The Bertz CT molecular complexity index is 763. The summed E-state index contributed by atoms with van der Waals surface area (Å²) in [6, 6.07) is 0.253. The molecule has 0 unspecified atom stereocenters. The Morgan fingerprint density at radius 2 is 2.04 bits per heavy atom. The lowest BCUT2D eigenvalue weighted by Crippen LogP contribution is -2.36. The van der Waals surface area contributed by atoms with Crippen LogP contribution < -0.4 is 10.2 Å². The zero-order valence-electron chi connectivity index (χ0n) is 15.9. The third-order valence-electron chi connectivity index (χ3n) is 4.60. The fraction of sp³-hybridized carbons (Fsp3) is 0.611. The molecule has 1 aliphatic rings. The van der Waals surface area contributed by atoms with E-state index in [0.29, 0.717) is 18.2 Å².